The highest BCUT2D eigenvalue weighted by Crippen LogP contribution is 2.61. The Hall–Kier alpha value is -2.81. The maximum Gasteiger partial charge on any atom is 0.266 e. The van der Waals surface area contributed by atoms with E-state index in [0.29, 0.717) is 29.0 Å². The van der Waals surface area contributed by atoms with Crippen molar-refractivity contribution in [3.63, 3.8) is 0 Å². The molecule has 4 aliphatic carbocycles. The molecule has 1 unspecified atom stereocenters. The van der Waals surface area contributed by atoms with Gasteiger partial charge in [-0.1, -0.05) is 18.2 Å². The van der Waals surface area contributed by atoms with Gasteiger partial charge >= 0.3 is 0 Å². The number of likely N-dealkylation sites (tertiary alicyclic amines) is 1. The van der Waals surface area contributed by atoms with E-state index in [0.717, 1.165) is 51.3 Å². The van der Waals surface area contributed by atoms with Crippen molar-refractivity contribution in [2.75, 3.05) is 25.5 Å². The highest BCUT2D eigenvalue weighted by atomic mass is 19.3. The molecule has 4 bridgehead atoms. The van der Waals surface area contributed by atoms with Gasteiger partial charge in [0.2, 0.25) is 0 Å². The lowest BCUT2D eigenvalue weighted by Crippen LogP contribution is -2.62. The molecule has 0 radical (unpaired) electrons. The Morgan fingerprint density at radius 1 is 1.11 bits per heavy atom. The topological polar surface area (TPSA) is 66.4 Å². The quantitative estimate of drug-likeness (QED) is 0.563. The number of rotatable bonds is 7. The summed E-state index contributed by atoms with van der Waals surface area (Å²) >= 11 is 0. The van der Waals surface area contributed by atoms with Gasteiger partial charge in [-0.05, 0) is 63.8 Å². The molecule has 0 spiro atoms. The molecule has 2 heterocycles. The number of carbonyl (C=O) groups is 1. The fraction of sp³-hybridized carbons (Fsp3) is 0.571. The van der Waals surface area contributed by atoms with Crippen molar-refractivity contribution in [3.05, 3.63) is 63.3 Å². The maximum atomic E-state index is 14.8. The lowest BCUT2D eigenvalue weighted by atomic mass is 9.49. The molecule has 4 saturated carbocycles. The van der Waals surface area contributed by atoms with E-state index < -0.39 is 29.8 Å². The van der Waals surface area contributed by atoms with Gasteiger partial charge in [-0.25, -0.2) is 13.2 Å². The number of nitrogens with one attached hydrogen (secondary N) is 2. The Balaban J connectivity index is 1.31. The van der Waals surface area contributed by atoms with E-state index in [-0.39, 0.29) is 22.7 Å². The van der Waals surface area contributed by atoms with Crippen molar-refractivity contribution in [1.82, 2.24) is 14.8 Å². The predicted molar refractivity (Wildman–Crippen MR) is 134 cm³/mol. The summed E-state index contributed by atoms with van der Waals surface area (Å²) in [4.78, 5) is 29.2. The third-order valence-corrected chi connectivity index (χ3v) is 9.26. The molecule has 37 heavy (non-hydrogen) atoms. The normalized spacial score (nSPS) is 31.0. The van der Waals surface area contributed by atoms with Crippen LogP contribution < -0.4 is 16.2 Å². The molecule has 9 heteroatoms. The number of amides is 1. The zero-order valence-electron chi connectivity index (χ0n) is 21.1. The minimum absolute atomic E-state index is 0.00163. The summed E-state index contributed by atoms with van der Waals surface area (Å²) in [5.74, 6) is 0.0550. The smallest absolute Gasteiger partial charge is 0.266 e. The van der Waals surface area contributed by atoms with Crippen molar-refractivity contribution < 1.29 is 18.0 Å². The van der Waals surface area contributed by atoms with Crippen LogP contribution in [0.15, 0.2) is 35.3 Å². The fourth-order valence-electron chi connectivity index (χ4n) is 7.23. The van der Waals surface area contributed by atoms with E-state index in [1.807, 2.05) is 0 Å². The summed E-state index contributed by atoms with van der Waals surface area (Å²) < 4.78 is 43.0. The second-order valence-corrected chi connectivity index (χ2v) is 11.7. The number of piperidine rings is 1. The Kier molecular flexibility index (Phi) is 5.89. The highest BCUT2D eigenvalue weighted by Gasteiger charge is 2.58. The maximum absolute atomic E-state index is 14.8. The standard InChI is InChI=1S/C28H33F3N4O2/c1-15(19-4-3-5-20(24(19)29)26(30)31)32-27(37)21-14-35(28-9-16(10-28)11-28)23(36)8-22(21)33-25-17-6-7-18(25)13-34(2)12-17/h3-5,8,14-18,25-26,33H,6-7,9-13H2,1-2H3,(H,32,37)/t15-,16?,17-,18+,25?,28?/m1/s1. The number of alkyl halides is 2. The molecule has 1 aromatic heterocycles. The predicted octanol–water partition coefficient (Wildman–Crippen LogP) is 4.68. The summed E-state index contributed by atoms with van der Waals surface area (Å²) in [6.07, 6.45) is 3.76. The minimum Gasteiger partial charge on any atom is -0.381 e. The molecule has 2 aromatic rings. The van der Waals surface area contributed by atoms with Crippen molar-refractivity contribution in [1.29, 1.82) is 0 Å². The van der Waals surface area contributed by atoms with Crippen LogP contribution in [-0.4, -0.2) is 41.6 Å². The number of aromatic nitrogens is 1. The molecule has 2 N–H and O–H groups in total. The third-order valence-electron chi connectivity index (χ3n) is 9.26. The first-order chi connectivity index (χ1) is 17.6. The van der Waals surface area contributed by atoms with E-state index in [1.54, 1.807) is 17.7 Å². The number of nitrogens with zero attached hydrogens (tertiary/aromatic N) is 2. The second kappa shape index (κ2) is 8.89. The van der Waals surface area contributed by atoms with Gasteiger partial charge in [0.05, 0.1) is 22.9 Å². The SMILES string of the molecule is C[C@@H](NC(=O)c1cn(C23CC(C2)C3)c(=O)cc1NC1[C@@H]2CC[C@H]1CN(C)C2)c1cccc(C(F)F)c1F. The zero-order valence-corrected chi connectivity index (χ0v) is 21.1. The van der Waals surface area contributed by atoms with E-state index >= 15 is 0 Å². The van der Waals surface area contributed by atoms with Crippen LogP contribution in [0.1, 0.15) is 73.0 Å². The first-order valence-electron chi connectivity index (χ1n) is 13.2. The van der Waals surface area contributed by atoms with E-state index in [9.17, 15) is 22.8 Å². The Morgan fingerprint density at radius 3 is 2.35 bits per heavy atom. The Morgan fingerprint density at radius 2 is 1.76 bits per heavy atom. The molecule has 6 nitrogen and oxygen atoms in total. The van der Waals surface area contributed by atoms with Gasteiger partial charge in [-0.3, -0.25) is 9.59 Å². The van der Waals surface area contributed by atoms with Crippen LogP contribution in [0.25, 0.3) is 0 Å². The average Bonchev–Trinajstić information content (AvgIpc) is 3.01. The number of halogens is 3. The van der Waals surface area contributed by atoms with E-state index in [4.69, 9.17) is 0 Å². The summed E-state index contributed by atoms with van der Waals surface area (Å²) in [5.41, 5.74) is -0.185. The van der Waals surface area contributed by atoms with Gasteiger partial charge < -0.3 is 20.1 Å². The first-order valence-corrected chi connectivity index (χ1v) is 13.2. The van der Waals surface area contributed by atoms with Crippen molar-refractivity contribution in [2.24, 2.45) is 17.8 Å². The van der Waals surface area contributed by atoms with Crippen LogP contribution in [0, 0.1) is 23.6 Å². The third kappa shape index (κ3) is 4.06. The van der Waals surface area contributed by atoms with Gasteiger partial charge in [-0.15, -0.1) is 0 Å². The lowest BCUT2D eigenvalue weighted by molar-refractivity contribution is -0.0914. The zero-order chi connectivity index (χ0) is 26.1. The molecule has 1 saturated heterocycles. The van der Waals surface area contributed by atoms with E-state index in [1.165, 1.54) is 18.2 Å². The Bertz CT molecular complexity index is 1260. The summed E-state index contributed by atoms with van der Waals surface area (Å²) in [6, 6.07) is 4.70. The van der Waals surface area contributed by atoms with Gasteiger partial charge in [0, 0.05) is 42.5 Å². The number of anilines is 1. The van der Waals surface area contributed by atoms with Gasteiger partial charge in [-0.2, -0.15) is 0 Å². The van der Waals surface area contributed by atoms with Crippen molar-refractivity contribution in [3.8, 4) is 0 Å². The number of fused-ring (bicyclic) bond motifs is 2. The summed E-state index contributed by atoms with van der Waals surface area (Å²) in [6.45, 7) is 3.51. The highest BCUT2D eigenvalue weighted by molar-refractivity contribution is 5.99. The largest absolute Gasteiger partial charge is 0.381 e. The summed E-state index contributed by atoms with van der Waals surface area (Å²) in [5, 5.41) is 6.36. The lowest BCUT2D eigenvalue weighted by Gasteiger charge is -2.62. The Labute approximate surface area is 214 Å². The number of pyridine rings is 1. The molecule has 1 aliphatic heterocycles. The molecule has 198 valence electrons. The molecule has 1 aromatic carbocycles. The molecule has 7 rings (SSSR count). The first kappa shape index (κ1) is 24.5. The monoisotopic (exact) mass is 514 g/mol. The van der Waals surface area contributed by atoms with Crippen LogP contribution in [0.2, 0.25) is 0 Å². The number of carbonyl (C=O) groups excluding carboxylic acids is 1. The van der Waals surface area contributed by atoms with Crippen LogP contribution in [0.3, 0.4) is 0 Å². The van der Waals surface area contributed by atoms with Crippen molar-refractivity contribution in [2.45, 2.75) is 63.1 Å². The van der Waals surface area contributed by atoms with E-state index in [2.05, 4.69) is 22.6 Å². The molecule has 5 aliphatic rings. The van der Waals surface area contributed by atoms with Crippen LogP contribution in [-0.2, 0) is 5.54 Å². The second-order valence-electron chi connectivity index (χ2n) is 11.7. The molecular formula is C28H33F3N4O2. The fourth-order valence-corrected chi connectivity index (χ4v) is 7.23. The van der Waals surface area contributed by atoms with Crippen LogP contribution in [0.4, 0.5) is 18.9 Å². The molecular weight excluding hydrogens is 481 g/mol. The van der Waals surface area contributed by atoms with Crippen LogP contribution >= 0.6 is 0 Å². The molecule has 5 fully saturated rings. The molecule has 4 atom stereocenters. The molecule has 1 amide bonds. The van der Waals surface area contributed by atoms with Gasteiger partial charge in [0.1, 0.15) is 5.82 Å². The minimum atomic E-state index is -2.94. The van der Waals surface area contributed by atoms with Gasteiger partial charge in [0.15, 0.2) is 0 Å². The summed E-state index contributed by atoms with van der Waals surface area (Å²) in [7, 11) is 2.12. The van der Waals surface area contributed by atoms with Gasteiger partial charge in [0.25, 0.3) is 17.9 Å². The average molecular weight is 515 g/mol. The number of benzene rings is 1. The van der Waals surface area contributed by atoms with Crippen molar-refractivity contribution >= 4 is 11.6 Å². The van der Waals surface area contributed by atoms with Crippen LogP contribution in [0.5, 0.6) is 0 Å². The number of hydrogen-bond donors (Lipinski definition) is 2. The number of hydrogen-bond acceptors (Lipinski definition) is 4.